The van der Waals surface area contributed by atoms with Crippen LogP contribution in [0.4, 0.5) is 29.3 Å². The van der Waals surface area contributed by atoms with E-state index in [2.05, 4.69) is 15.1 Å². The second-order valence-electron chi connectivity index (χ2n) is 7.01. The van der Waals surface area contributed by atoms with Crippen LogP contribution in [0.2, 0.25) is 0 Å². The van der Waals surface area contributed by atoms with Gasteiger partial charge in [-0.15, -0.1) is 0 Å². The third-order valence-corrected chi connectivity index (χ3v) is 4.90. The van der Waals surface area contributed by atoms with Gasteiger partial charge in [-0.1, -0.05) is 0 Å². The predicted molar refractivity (Wildman–Crippen MR) is 109 cm³/mol. The lowest BCUT2D eigenvalue weighted by Gasteiger charge is -2.18. The molecule has 3 amide bonds. The SMILES string of the molecule is O=C1CN(c2cncc(C(F)(F)F)c2)C(=O)N1c1ccc(Oc2ccnc3ccnn23)cc1. The van der Waals surface area contributed by atoms with Gasteiger partial charge in [-0.05, 0) is 30.3 Å². The number of fused-ring (bicyclic) bond motifs is 1. The Kier molecular flexibility index (Phi) is 4.69. The van der Waals surface area contributed by atoms with Gasteiger partial charge in [0.05, 0.1) is 29.3 Å². The van der Waals surface area contributed by atoms with Gasteiger partial charge >= 0.3 is 12.2 Å². The molecule has 4 heterocycles. The van der Waals surface area contributed by atoms with Gasteiger partial charge in [0.15, 0.2) is 5.65 Å². The number of hydrogen-bond donors (Lipinski definition) is 0. The molecule has 0 spiro atoms. The summed E-state index contributed by atoms with van der Waals surface area (Å²) >= 11 is 0. The molecule has 4 aromatic rings. The van der Waals surface area contributed by atoms with Crippen molar-refractivity contribution in [3.05, 3.63) is 72.8 Å². The van der Waals surface area contributed by atoms with Crippen molar-refractivity contribution >= 4 is 29.0 Å². The zero-order valence-electron chi connectivity index (χ0n) is 16.6. The first-order valence-corrected chi connectivity index (χ1v) is 9.54. The lowest BCUT2D eigenvalue weighted by molar-refractivity contribution is -0.137. The molecule has 1 aromatic carbocycles. The first-order valence-electron chi connectivity index (χ1n) is 9.54. The summed E-state index contributed by atoms with van der Waals surface area (Å²) in [6.45, 7) is -0.408. The molecule has 1 aliphatic rings. The minimum atomic E-state index is -4.62. The molecule has 9 nitrogen and oxygen atoms in total. The maximum Gasteiger partial charge on any atom is 0.417 e. The fourth-order valence-corrected chi connectivity index (χ4v) is 3.36. The van der Waals surface area contributed by atoms with Crippen molar-refractivity contribution in [1.82, 2.24) is 19.6 Å². The summed E-state index contributed by atoms with van der Waals surface area (Å²) < 4.78 is 46.3. The number of hydrogen-bond acceptors (Lipinski definition) is 6. The summed E-state index contributed by atoms with van der Waals surface area (Å²) in [6, 6.07) is 9.46. The Labute approximate surface area is 183 Å². The quantitative estimate of drug-likeness (QED) is 0.434. The number of alkyl halides is 3. The van der Waals surface area contributed by atoms with E-state index in [4.69, 9.17) is 4.74 Å². The average molecular weight is 454 g/mol. The zero-order chi connectivity index (χ0) is 23.2. The number of urea groups is 1. The molecule has 0 saturated carbocycles. The van der Waals surface area contributed by atoms with Crippen molar-refractivity contribution in [3.8, 4) is 11.6 Å². The van der Waals surface area contributed by atoms with Crippen molar-refractivity contribution in [2.24, 2.45) is 0 Å². The number of carbonyl (C=O) groups excluding carboxylic acids is 2. The summed E-state index contributed by atoms with van der Waals surface area (Å²) in [6.07, 6.45) is 0.281. The van der Waals surface area contributed by atoms with E-state index in [1.54, 1.807) is 36.7 Å². The van der Waals surface area contributed by atoms with Gasteiger partial charge in [0.1, 0.15) is 12.3 Å². The Morgan fingerprint density at radius 2 is 1.73 bits per heavy atom. The molecular weight excluding hydrogens is 441 g/mol. The average Bonchev–Trinajstić information content (AvgIpc) is 3.39. The molecule has 5 rings (SSSR count). The largest absolute Gasteiger partial charge is 0.439 e. The highest BCUT2D eigenvalue weighted by Gasteiger charge is 2.39. The number of nitrogens with zero attached hydrogens (tertiary/aromatic N) is 6. The standard InChI is InChI=1S/C21H13F3N6O3/c22-21(23,24)13-9-15(11-25-10-13)28-12-18(31)29(20(28)32)14-1-3-16(4-2-14)33-19-6-7-26-17-5-8-27-30(17)19/h1-11H,12H2. The zero-order valence-corrected chi connectivity index (χ0v) is 16.6. The lowest BCUT2D eigenvalue weighted by atomic mass is 10.2. The van der Waals surface area contributed by atoms with Crippen molar-refractivity contribution < 1.29 is 27.5 Å². The van der Waals surface area contributed by atoms with E-state index >= 15 is 0 Å². The Hall–Kier alpha value is -4.48. The number of benzene rings is 1. The molecule has 0 bridgehead atoms. The number of aromatic nitrogens is 4. The number of amides is 3. The second-order valence-corrected chi connectivity index (χ2v) is 7.01. The second kappa shape index (κ2) is 7.58. The maximum absolute atomic E-state index is 13.0. The van der Waals surface area contributed by atoms with Crippen LogP contribution in [0.5, 0.6) is 11.6 Å². The highest BCUT2D eigenvalue weighted by molar-refractivity contribution is 6.26. The number of pyridine rings is 1. The number of imide groups is 1. The van der Waals surface area contributed by atoms with Crippen LogP contribution in [-0.2, 0) is 11.0 Å². The highest BCUT2D eigenvalue weighted by Crippen LogP contribution is 2.33. The van der Waals surface area contributed by atoms with E-state index < -0.39 is 30.2 Å². The Balaban J connectivity index is 1.37. The maximum atomic E-state index is 13.0. The molecule has 1 aliphatic heterocycles. The molecule has 3 aromatic heterocycles. The van der Waals surface area contributed by atoms with Crippen molar-refractivity contribution in [2.75, 3.05) is 16.3 Å². The van der Waals surface area contributed by atoms with E-state index in [0.29, 0.717) is 23.5 Å². The van der Waals surface area contributed by atoms with E-state index in [-0.39, 0.29) is 11.4 Å². The van der Waals surface area contributed by atoms with Gasteiger partial charge in [0.25, 0.3) is 5.91 Å². The van der Waals surface area contributed by atoms with E-state index in [1.165, 1.54) is 16.6 Å². The molecule has 0 unspecified atom stereocenters. The first-order chi connectivity index (χ1) is 15.8. The van der Waals surface area contributed by atoms with Crippen molar-refractivity contribution in [1.29, 1.82) is 0 Å². The van der Waals surface area contributed by atoms with Gasteiger partial charge in [-0.25, -0.2) is 14.7 Å². The highest BCUT2D eigenvalue weighted by atomic mass is 19.4. The Morgan fingerprint density at radius 3 is 2.48 bits per heavy atom. The van der Waals surface area contributed by atoms with Crippen LogP contribution >= 0.6 is 0 Å². The first kappa shape index (κ1) is 20.4. The molecular formula is C21H13F3N6O3. The molecule has 166 valence electrons. The van der Waals surface area contributed by atoms with Crippen LogP contribution in [0, 0.1) is 0 Å². The summed E-state index contributed by atoms with van der Waals surface area (Å²) in [5, 5.41) is 4.12. The molecule has 1 saturated heterocycles. The number of ether oxygens (including phenoxy) is 1. The number of anilines is 2. The monoisotopic (exact) mass is 454 g/mol. The Morgan fingerprint density at radius 1 is 0.939 bits per heavy atom. The van der Waals surface area contributed by atoms with E-state index in [0.717, 1.165) is 22.1 Å². The summed E-state index contributed by atoms with van der Waals surface area (Å²) in [5.74, 6) is 0.243. The van der Waals surface area contributed by atoms with Crippen molar-refractivity contribution in [2.45, 2.75) is 6.18 Å². The van der Waals surface area contributed by atoms with Crippen LogP contribution in [0.3, 0.4) is 0 Å². The van der Waals surface area contributed by atoms with E-state index in [9.17, 15) is 22.8 Å². The fraction of sp³-hybridized carbons (Fsp3) is 0.0952. The minimum Gasteiger partial charge on any atom is -0.439 e. The number of rotatable bonds is 4. The third-order valence-electron chi connectivity index (χ3n) is 4.90. The summed E-state index contributed by atoms with van der Waals surface area (Å²) in [7, 11) is 0. The van der Waals surface area contributed by atoms with Gasteiger partial charge in [0.2, 0.25) is 5.88 Å². The fourth-order valence-electron chi connectivity index (χ4n) is 3.36. The molecule has 0 N–H and O–H groups in total. The minimum absolute atomic E-state index is 0.119. The Bertz CT molecular complexity index is 1370. The molecule has 0 aliphatic carbocycles. The summed E-state index contributed by atoms with van der Waals surface area (Å²) in [4.78, 5) is 34.9. The summed E-state index contributed by atoms with van der Waals surface area (Å²) in [5.41, 5.74) is -0.283. The molecule has 12 heteroatoms. The molecule has 0 atom stereocenters. The number of halogens is 3. The molecule has 0 radical (unpaired) electrons. The van der Waals surface area contributed by atoms with Gasteiger partial charge in [-0.3, -0.25) is 14.7 Å². The van der Waals surface area contributed by atoms with Gasteiger partial charge in [-0.2, -0.15) is 22.8 Å². The van der Waals surface area contributed by atoms with Crippen LogP contribution in [0.25, 0.3) is 5.65 Å². The van der Waals surface area contributed by atoms with Crippen molar-refractivity contribution in [3.63, 3.8) is 0 Å². The topological polar surface area (TPSA) is 92.9 Å². The predicted octanol–water partition coefficient (Wildman–Crippen LogP) is 3.91. The molecule has 1 fully saturated rings. The van der Waals surface area contributed by atoms with Gasteiger partial charge in [0, 0.05) is 24.5 Å². The van der Waals surface area contributed by atoms with Crippen LogP contribution < -0.4 is 14.5 Å². The normalized spacial score (nSPS) is 14.4. The van der Waals surface area contributed by atoms with Crippen LogP contribution in [0.15, 0.2) is 67.3 Å². The van der Waals surface area contributed by atoms with Crippen LogP contribution in [-0.4, -0.2) is 38.1 Å². The van der Waals surface area contributed by atoms with Gasteiger partial charge < -0.3 is 4.74 Å². The lowest BCUT2D eigenvalue weighted by Crippen LogP contribution is -2.33. The molecule has 33 heavy (non-hydrogen) atoms. The van der Waals surface area contributed by atoms with E-state index in [1.807, 2.05) is 0 Å². The smallest absolute Gasteiger partial charge is 0.417 e. The number of carbonyl (C=O) groups is 2. The third kappa shape index (κ3) is 3.71. The van der Waals surface area contributed by atoms with Crippen LogP contribution in [0.1, 0.15) is 5.56 Å².